The molecule has 5 rings (SSSR count). The number of nitrogen functional groups attached to an aromatic ring is 1. The van der Waals surface area contributed by atoms with E-state index in [1.165, 1.54) is 17.4 Å². The summed E-state index contributed by atoms with van der Waals surface area (Å²) < 4.78 is 13.4. The van der Waals surface area contributed by atoms with Gasteiger partial charge < -0.3 is 25.1 Å². The van der Waals surface area contributed by atoms with Crippen molar-refractivity contribution in [3.8, 4) is 16.9 Å². The summed E-state index contributed by atoms with van der Waals surface area (Å²) in [6, 6.07) is 15.3. The van der Waals surface area contributed by atoms with Gasteiger partial charge >= 0.3 is 5.97 Å². The second-order valence-electron chi connectivity index (χ2n) is 8.55. The molecular formula is C29H26N4O4S. The van der Waals surface area contributed by atoms with Crippen molar-refractivity contribution in [2.75, 3.05) is 24.8 Å². The molecule has 0 aliphatic heterocycles. The van der Waals surface area contributed by atoms with Crippen LogP contribution < -0.4 is 15.8 Å². The van der Waals surface area contributed by atoms with E-state index in [2.05, 4.69) is 10.3 Å². The maximum atomic E-state index is 13.1. The number of anilines is 2. The number of benzene rings is 2. The van der Waals surface area contributed by atoms with Gasteiger partial charge in [-0.25, -0.2) is 9.78 Å². The largest absolute Gasteiger partial charge is 0.495 e. The van der Waals surface area contributed by atoms with E-state index in [1.807, 2.05) is 65.5 Å². The predicted molar refractivity (Wildman–Crippen MR) is 153 cm³/mol. The summed E-state index contributed by atoms with van der Waals surface area (Å²) in [6.45, 7) is 2.07. The average molecular weight is 527 g/mol. The highest BCUT2D eigenvalue weighted by molar-refractivity contribution is 7.18. The average Bonchev–Trinajstić information content (AvgIpc) is 3.51. The molecule has 0 aliphatic rings. The number of nitrogens with two attached hydrogens (primary N) is 1. The summed E-state index contributed by atoms with van der Waals surface area (Å²) in [5, 5.41) is 6.75. The molecule has 1 amide bonds. The molecule has 5 aromatic rings. The Kier molecular flexibility index (Phi) is 6.85. The first-order valence-electron chi connectivity index (χ1n) is 12.0. The number of methoxy groups -OCH3 is 1. The topological polar surface area (TPSA) is 108 Å². The maximum Gasteiger partial charge on any atom is 0.330 e. The van der Waals surface area contributed by atoms with Crippen LogP contribution in [0.3, 0.4) is 0 Å². The van der Waals surface area contributed by atoms with Crippen molar-refractivity contribution < 1.29 is 19.1 Å². The van der Waals surface area contributed by atoms with E-state index < -0.39 is 5.97 Å². The standard InChI is InChI=1S/C29H26N4O4S/c1-4-37-25(34)12-10-19-15-31-28(30)26-20(16-38-27(19)26)17-9-11-21(24(14-17)36-3)32-29(35)23-13-18-7-5-6-8-22(18)33(23)2/h5-16H,4H2,1-3H3,(H2,30,31)(H,32,35)/b12-10+. The molecule has 3 N–H and O–H groups in total. The molecule has 38 heavy (non-hydrogen) atoms. The summed E-state index contributed by atoms with van der Waals surface area (Å²) in [4.78, 5) is 29.3. The fraction of sp³-hybridized carbons (Fsp3) is 0.138. The fourth-order valence-corrected chi connectivity index (χ4v) is 5.50. The van der Waals surface area contributed by atoms with Crippen LogP contribution in [0.25, 0.3) is 38.2 Å². The minimum atomic E-state index is -0.417. The van der Waals surface area contributed by atoms with E-state index >= 15 is 0 Å². The number of amides is 1. The zero-order valence-electron chi connectivity index (χ0n) is 21.1. The van der Waals surface area contributed by atoms with Crippen molar-refractivity contribution >= 4 is 61.8 Å². The SMILES string of the molecule is CCOC(=O)/C=C/c1cnc(N)c2c(-c3ccc(NC(=O)c4cc5ccccc5n4C)c(OC)c3)csc12. The summed E-state index contributed by atoms with van der Waals surface area (Å²) in [5.41, 5.74) is 10.9. The molecule has 0 atom stereocenters. The van der Waals surface area contributed by atoms with Crippen LogP contribution in [-0.4, -0.2) is 35.1 Å². The van der Waals surface area contributed by atoms with E-state index in [4.69, 9.17) is 15.2 Å². The van der Waals surface area contributed by atoms with Crippen molar-refractivity contribution in [2.45, 2.75) is 6.92 Å². The minimum Gasteiger partial charge on any atom is -0.495 e. The molecule has 192 valence electrons. The first kappa shape index (κ1) is 25.0. The summed E-state index contributed by atoms with van der Waals surface area (Å²) >= 11 is 1.51. The number of nitrogens with one attached hydrogen (secondary N) is 1. The van der Waals surface area contributed by atoms with E-state index in [1.54, 1.807) is 26.3 Å². The molecule has 0 radical (unpaired) electrons. The summed E-state index contributed by atoms with van der Waals surface area (Å²) in [5.74, 6) is 0.248. The van der Waals surface area contributed by atoms with E-state index in [-0.39, 0.29) is 5.91 Å². The number of aryl methyl sites for hydroxylation is 1. The van der Waals surface area contributed by atoms with Gasteiger partial charge in [0, 0.05) is 51.4 Å². The van der Waals surface area contributed by atoms with Crippen LogP contribution in [0.4, 0.5) is 11.5 Å². The van der Waals surface area contributed by atoms with Gasteiger partial charge in [-0.1, -0.05) is 24.3 Å². The number of para-hydroxylation sites is 1. The zero-order chi connectivity index (χ0) is 26.8. The van der Waals surface area contributed by atoms with Crippen molar-refractivity contribution in [1.82, 2.24) is 9.55 Å². The van der Waals surface area contributed by atoms with E-state index in [0.717, 1.165) is 37.7 Å². The molecule has 0 saturated heterocycles. The smallest absolute Gasteiger partial charge is 0.330 e. The first-order valence-corrected chi connectivity index (χ1v) is 12.8. The lowest BCUT2D eigenvalue weighted by atomic mass is 10.0. The molecule has 3 aromatic heterocycles. The van der Waals surface area contributed by atoms with Crippen LogP contribution in [0.2, 0.25) is 0 Å². The molecule has 0 fully saturated rings. The second kappa shape index (κ2) is 10.4. The van der Waals surface area contributed by atoms with Crippen LogP contribution >= 0.6 is 11.3 Å². The highest BCUT2D eigenvalue weighted by atomic mass is 32.1. The Morgan fingerprint density at radius 2 is 2.00 bits per heavy atom. The van der Waals surface area contributed by atoms with Gasteiger partial charge in [-0.05, 0) is 48.2 Å². The lowest BCUT2D eigenvalue weighted by Crippen LogP contribution is -2.16. The lowest BCUT2D eigenvalue weighted by molar-refractivity contribution is -0.137. The number of hydrogen-bond acceptors (Lipinski definition) is 7. The number of pyridine rings is 1. The van der Waals surface area contributed by atoms with Gasteiger partial charge in [0.2, 0.25) is 0 Å². The second-order valence-corrected chi connectivity index (χ2v) is 9.43. The van der Waals surface area contributed by atoms with Crippen LogP contribution in [0.15, 0.2) is 66.2 Å². The van der Waals surface area contributed by atoms with E-state index in [0.29, 0.717) is 29.6 Å². The van der Waals surface area contributed by atoms with E-state index in [9.17, 15) is 9.59 Å². The highest BCUT2D eigenvalue weighted by Crippen LogP contribution is 2.41. The van der Waals surface area contributed by atoms with Gasteiger partial charge in [0.15, 0.2) is 0 Å². The third-order valence-electron chi connectivity index (χ3n) is 6.28. The molecule has 0 spiro atoms. The molecular weight excluding hydrogens is 500 g/mol. The highest BCUT2D eigenvalue weighted by Gasteiger charge is 2.18. The van der Waals surface area contributed by atoms with Crippen LogP contribution in [0.1, 0.15) is 23.0 Å². The number of ether oxygens (including phenoxy) is 2. The fourth-order valence-electron chi connectivity index (χ4n) is 4.42. The van der Waals surface area contributed by atoms with Gasteiger partial charge in [-0.3, -0.25) is 4.79 Å². The maximum absolute atomic E-state index is 13.1. The van der Waals surface area contributed by atoms with Crippen molar-refractivity contribution in [3.05, 3.63) is 77.4 Å². The number of nitrogens with zero attached hydrogens (tertiary/aromatic N) is 2. The Balaban J connectivity index is 1.47. The quantitative estimate of drug-likeness (QED) is 0.203. The van der Waals surface area contributed by atoms with Gasteiger partial charge in [-0.15, -0.1) is 11.3 Å². The third-order valence-corrected chi connectivity index (χ3v) is 7.31. The summed E-state index contributed by atoms with van der Waals surface area (Å²) in [6.07, 6.45) is 4.70. The van der Waals surface area contributed by atoms with Crippen molar-refractivity contribution in [2.24, 2.45) is 7.05 Å². The Morgan fingerprint density at radius 1 is 1.18 bits per heavy atom. The molecule has 8 nitrogen and oxygen atoms in total. The normalized spacial score (nSPS) is 11.3. The summed E-state index contributed by atoms with van der Waals surface area (Å²) in [7, 11) is 3.43. The van der Waals surface area contributed by atoms with Gasteiger partial charge in [-0.2, -0.15) is 0 Å². The van der Waals surface area contributed by atoms with Crippen LogP contribution in [0, 0.1) is 0 Å². The Bertz CT molecular complexity index is 1720. The van der Waals surface area contributed by atoms with Crippen molar-refractivity contribution in [1.29, 1.82) is 0 Å². The Hall–Kier alpha value is -4.63. The first-order chi connectivity index (χ1) is 18.4. The minimum absolute atomic E-state index is 0.234. The van der Waals surface area contributed by atoms with Crippen LogP contribution in [0.5, 0.6) is 5.75 Å². The van der Waals surface area contributed by atoms with Gasteiger partial charge in [0.05, 0.1) is 19.4 Å². The molecule has 3 heterocycles. The molecule has 0 aliphatic carbocycles. The molecule has 0 bridgehead atoms. The Morgan fingerprint density at radius 3 is 2.76 bits per heavy atom. The molecule has 0 saturated carbocycles. The number of carbonyl (C=O) groups is 2. The van der Waals surface area contributed by atoms with Crippen LogP contribution in [-0.2, 0) is 16.6 Å². The van der Waals surface area contributed by atoms with Gasteiger partial charge in [0.1, 0.15) is 17.3 Å². The lowest BCUT2D eigenvalue weighted by Gasteiger charge is -2.13. The monoisotopic (exact) mass is 526 g/mol. The number of aromatic nitrogens is 2. The third kappa shape index (κ3) is 4.59. The van der Waals surface area contributed by atoms with Gasteiger partial charge in [0.25, 0.3) is 5.91 Å². The molecule has 2 aromatic carbocycles. The number of rotatable bonds is 7. The number of thiophene rings is 1. The number of fused-ring (bicyclic) bond motifs is 2. The predicted octanol–water partition coefficient (Wildman–Crippen LogP) is 5.87. The zero-order valence-corrected chi connectivity index (χ0v) is 22.0. The Labute approximate surface area is 223 Å². The number of hydrogen-bond donors (Lipinski definition) is 2. The number of esters is 1. The van der Waals surface area contributed by atoms with Crippen molar-refractivity contribution in [3.63, 3.8) is 0 Å². The molecule has 9 heteroatoms. The molecule has 0 unspecified atom stereocenters. The number of carbonyl (C=O) groups excluding carboxylic acids is 2.